The summed E-state index contributed by atoms with van der Waals surface area (Å²) in [6.45, 7) is 2.08. The molecule has 2 aliphatic rings. The zero-order chi connectivity index (χ0) is 13.8. The van der Waals surface area contributed by atoms with Crippen molar-refractivity contribution in [3.8, 4) is 0 Å². The smallest absolute Gasteiger partial charge is 0.266 e. The molecular weight excluding hydrogens is 252 g/mol. The Morgan fingerprint density at radius 2 is 1.65 bits per heavy atom. The van der Waals surface area contributed by atoms with Gasteiger partial charge < -0.3 is 15.2 Å². The Balaban J connectivity index is 1.65. The van der Waals surface area contributed by atoms with Crippen LogP contribution in [0.15, 0.2) is 4.52 Å². The Morgan fingerprint density at radius 1 is 1.00 bits per heavy atom. The lowest BCUT2D eigenvalue weighted by atomic mass is 9.84. The molecule has 2 fully saturated rings. The van der Waals surface area contributed by atoms with Gasteiger partial charge in [-0.2, -0.15) is 4.98 Å². The minimum absolute atomic E-state index is 0.0801. The van der Waals surface area contributed by atoms with Gasteiger partial charge in [0.15, 0.2) is 0 Å². The van der Waals surface area contributed by atoms with Gasteiger partial charge in [-0.05, 0) is 36.8 Å². The molecule has 0 bridgehead atoms. The molecule has 2 N–H and O–H groups in total. The first-order chi connectivity index (χ1) is 9.84. The van der Waals surface area contributed by atoms with Gasteiger partial charge in [0.2, 0.25) is 5.89 Å². The fourth-order valence-electron chi connectivity index (χ4n) is 3.46. The predicted octanol–water partition coefficient (Wildman–Crippen LogP) is 3.03. The lowest BCUT2D eigenvalue weighted by Gasteiger charge is -2.24. The lowest BCUT2D eigenvalue weighted by Crippen LogP contribution is -2.26. The summed E-state index contributed by atoms with van der Waals surface area (Å²) in [5.41, 5.74) is 6.33. The van der Waals surface area contributed by atoms with E-state index in [9.17, 15) is 0 Å². The quantitative estimate of drug-likeness (QED) is 0.920. The summed E-state index contributed by atoms with van der Waals surface area (Å²) in [4.78, 5) is 6.82. The van der Waals surface area contributed by atoms with Crippen molar-refractivity contribution < 1.29 is 4.52 Å². The molecule has 0 aromatic carbocycles. The topological polar surface area (TPSA) is 68.2 Å². The van der Waals surface area contributed by atoms with E-state index in [2.05, 4.69) is 15.0 Å². The van der Waals surface area contributed by atoms with Gasteiger partial charge in [0.25, 0.3) is 5.95 Å². The molecular formula is C15H26N4O. The molecule has 1 aliphatic heterocycles. The van der Waals surface area contributed by atoms with Crippen LogP contribution in [0, 0.1) is 5.92 Å². The van der Waals surface area contributed by atoms with Crippen LogP contribution in [0.4, 0.5) is 5.95 Å². The second-order valence-electron chi connectivity index (χ2n) is 6.26. The minimum Gasteiger partial charge on any atom is -0.338 e. The third-order valence-electron chi connectivity index (χ3n) is 4.76. The first kappa shape index (κ1) is 13.9. The van der Waals surface area contributed by atoms with Gasteiger partial charge in [0, 0.05) is 13.1 Å². The van der Waals surface area contributed by atoms with Crippen molar-refractivity contribution in [3.05, 3.63) is 5.89 Å². The van der Waals surface area contributed by atoms with Gasteiger partial charge in [-0.25, -0.2) is 0 Å². The van der Waals surface area contributed by atoms with E-state index in [1.807, 2.05) is 0 Å². The number of nitrogens with two attached hydrogens (primary N) is 1. The van der Waals surface area contributed by atoms with Gasteiger partial charge in [0.1, 0.15) is 0 Å². The maximum Gasteiger partial charge on any atom is 0.266 e. The van der Waals surface area contributed by atoms with E-state index in [1.165, 1.54) is 57.8 Å². The maximum absolute atomic E-state index is 6.33. The highest BCUT2D eigenvalue weighted by molar-refractivity contribution is 5.28. The summed E-state index contributed by atoms with van der Waals surface area (Å²) in [7, 11) is 0. The fraction of sp³-hybridized carbons (Fsp3) is 0.867. The number of aromatic nitrogens is 2. The van der Waals surface area contributed by atoms with Gasteiger partial charge in [-0.1, -0.05) is 32.1 Å². The number of anilines is 1. The highest BCUT2D eigenvalue weighted by Gasteiger charge is 2.27. The van der Waals surface area contributed by atoms with E-state index in [0.29, 0.717) is 11.8 Å². The summed E-state index contributed by atoms with van der Waals surface area (Å²) in [6, 6.07) is -0.0801. The van der Waals surface area contributed by atoms with Gasteiger partial charge in [0.05, 0.1) is 6.04 Å². The highest BCUT2D eigenvalue weighted by Crippen LogP contribution is 2.32. The molecule has 1 atom stereocenters. The number of rotatable bonds is 3. The standard InChI is InChI=1S/C15H26N4O/c16-13(12-8-4-3-5-9-12)14-17-15(18-20-14)19-10-6-1-2-7-11-19/h12-13H,1-11,16H2. The van der Waals surface area contributed by atoms with Crippen LogP contribution >= 0.6 is 0 Å². The predicted molar refractivity (Wildman–Crippen MR) is 78.5 cm³/mol. The van der Waals surface area contributed by atoms with Crippen LogP contribution in [0.2, 0.25) is 0 Å². The Morgan fingerprint density at radius 3 is 2.35 bits per heavy atom. The van der Waals surface area contributed by atoms with Crippen molar-refractivity contribution in [1.29, 1.82) is 0 Å². The molecule has 1 aromatic rings. The summed E-state index contributed by atoms with van der Waals surface area (Å²) in [5, 5.41) is 4.16. The first-order valence-corrected chi connectivity index (χ1v) is 8.19. The Hall–Kier alpha value is -1.10. The van der Waals surface area contributed by atoms with E-state index in [4.69, 9.17) is 10.3 Å². The van der Waals surface area contributed by atoms with Crippen LogP contribution in [-0.2, 0) is 0 Å². The summed E-state index contributed by atoms with van der Waals surface area (Å²) >= 11 is 0. The van der Waals surface area contributed by atoms with Crippen molar-refractivity contribution >= 4 is 5.95 Å². The monoisotopic (exact) mass is 278 g/mol. The van der Waals surface area contributed by atoms with E-state index in [-0.39, 0.29) is 6.04 Å². The zero-order valence-electron chi connectivity index (χ0n) is 12.3. The van der Waals surface area contributed by atoms with Crippen LogP contribution in [0.3, 0.4) is 0 Å². The molecule has 112 valence electrons. The molecule has 2 heterocycles. The molecule has 1 saturated carbocycles. The van der Waals surface area contributed by atoms with Crippen molar-refractivity contribution in [2.24, 2.45) is 11.7 Å². The van der Waals surface area contributed by atoms with E-state index in [0.717, 1.165) is 19.0 Å². The highest BCUT2D eigenvalue weighted by atomic mass is 16.5. The van der Waals surface area contributed by atoms with Crippen molar-refractivity contribution in [2.45, 2.75) is 63.8 Å². The molecule has 0 radical (unpaired) electrons. The Labute approximate surface area is 120 Å². The van der Waals surface area contributed by atoms with Gasteiger partial charge in [-0.15, -0.1) is 0 Å². The normalized spacial score (nSPS) is 23.6. The van der Waals surface area contributed by atoms with Gasteiger partial charge in [-0.3, -0.25) is 0 Å². The van der Waals surface area contributed by atoms with Crippen LogP contribution < -0.4 is 10.6 Å². The molecule has 1 unspecified atom stereocenters. The van der Waals surface area contributed by atoms with E-state index < -0.39 is 0 Å². The third-order valence-corrected chi connectivity index (χ3v) is 4.76. The average Bonchev–Trinajstić information content (AvgIpc) is 2.83. The lowest BCUT2D eigenvalue weighted by molar-refractivity contribution is 0.255. The second-order valence-corrected chi connectivity index (χ2v) is 6.26. The molecule has 5 nitrogen and oxygen atoms in total. The van der Waals surface area contributed by atoms with Crippen molar-refractivity contribution in [1.82, 2.24) is 10.1 Å². The third kappa shape index (κ3) is 3.14. The van der Waals surface area contributed by atoms with Crippen LogP contribution in [0.1, 0.15) is 69.7 Å². The summed E-state index contributed by atoms with van der Waals surface area (Å²) in [5.74, 6) is 1.89. The summed E-state index contributed by atoms with van der Waals surface area (Å²) < 4.78 is 5.45. The fourth-order valence-corrected chi connectivity index (χ4v) is 3.46. The van der Waals surface area contributed by atoms with Crippen LogP contribution in [-0.4, -0.2) is 23.2 Å². The molecule has 3 rings (SSSR count). The molecule has 0 amide bonds. The van der Waals surface area contributed by atoms with Gasteiger partial charge >= 0.3 is 0 Å². The van der Waals surface area contributed by atoms with E-state index in [1.54, 1.807) is 0 Å². The van der Waals surface area contributed by atoms with Crippen molar-refractivity contribution in [3.63, 3.8) is 0 Å². The molecule has 0 spiro atoms. The molecule has 1 aliphatic carbocycles. The minimum atomic E-state index is -0.0801. The number of hydrogen-bond acceptors (Lipinski definition) is 5. The second kappa shape index (κ2) is 6.57. The van der Waals surface area contributed by atoms with E-state index >= 15 is 0 Å². The average molecular weight is 278 g/mol. The Kier molecular flexibility index (Phi) is 4.55. The van der Waals surface area contributed by atoms with Crippen LogP contribution in [0.5, 0.6) is 0 Å². The molecule has 1 aromatic heterocycles. The first-order valence-electron chi connectivity index (χ1n) is 8.19. The molecule has 20 heavy (non-hydrogen) atoms. The molecule has 5 heteroatoms. The number of hydrogen-bond donors (Lipinski definition) is 1. The maximum atomic E-state index is 6.33. The summed E-state index contributed by atoms with van der Waals surface area (Å²) in [6.07, 6.45) is 11.4. The van der Waals surface area contributed by atoms with Crippen LogP contribution in [0.25, 0.3) is 0 Å². The zero-order valence-corrected chi connectivity index (χ0v) is 12.3. The SMILES string of the molecule is NC(c1nc(N2CCCCCC2)no1)C1CCCCC1. The largest absolute Gasteiger partial charge is 0.338 e. The molecule has 1 saturated heterocycles. The Bertz CT molecular complexity index is 406. The van der Waals surface area contributed by atoms with Crippen molar-refractivity contribution in [2.75, 3.05) is 18.0 Å². The number of nitrogens with zero attached hydrogens (tertiary/aromatic N) is 3.